The predicted octanol–water partition coefficient (Wildman–Crippen LogP) is 3.73. The molecular weight excluding hydrogens is 532 g/mol. The smallest absolute Gasteiger partial charge is 0.340 e. The second-order valence-corrected chi connectivity index (χ2v) is 9.97. The van der Waals surface area contributed by atoms with Crippen LogP contribution in [0.15, 0.2) is 53.4 Å². The van der Waals surface area contributed by atoms with Gasteiger partial charge in [0.2, 0.25) is 16.8 Å². The maximum absolute atomic E-state index is 12.7. The van der Waals surface area contributed by atoms with E-state index in [4.69, 9.17) is 18.9 Å². The van der Waals surface area contributed by atoms with Crippen molar-refractivity contribution in [3.63, 3.8) is 0 Å². The van der Waals surface area contributed by atoms with E-state index in [2.05, 4.69) is 4.72 Å². The Labute approximate surface area is 223 Å². The third-order valence-electron chi connectivity index (χ3n) is 5.91. The van der Waals surface area contributed by atoms with E-state index in [1.807, 2.05) is 0 Å². The number of nitro groups is 1. The third kappa shape index (κ3) is 5.94. The second kappa shape index (κ2) is 11.4. The normalized spacial score (nSPS) is 12.5. The highest BCUT2D eigenvalue weighted by Gasteiger charge is 2.21. The number of methoxy groups -OCH3 is 2. The molecule has 3 aromatic rings. The Morgan fingerprint density at radius 3 is 2.33 bits per heavy atom. The lowest BCUT2D eigenvalue weighted by Crippen LogP contribution is -2.26. The Morgan fingerprint density at radius 1 is 1.05 bits per heavy atom. The van der Waals surface area contributed by atoms with Gasteiger partial charge in [-0.25, -0.2) is 17.9 Å². The van der Waals surface area contributed by atoms with Gasteiger partial charge < -0.3 is 24.1 Å². The summed E-state index contributed by atoms with van der Waals surface area (Å²) in [6, 6.07) is 11.2. The summed E-state index contributed by atoms with van der Waals surface area (Å²) >= 11 is 0. The molecular formula is C26H24N2O10S. The number of carbonyl (C=O) groups is 1. The number of aromatic carboxylic acids is 1. The Hall–Kier alpha value is -4.62. The summed E-state index contributed by atoms with van der Waals surface area (Å²) in [6.45, 7) is 0.0457. The van der Waals surface area contributed by atoms with Crippen molar-refractivity contribution in [3.8, 4) is 23.0 Å². The fraction of sp³-hybridized carbons (Fsp3) is 0.192. The first-order valence-corrected chi connectivity index (χ1v) is 13.0. The summed E-state index contributed by atoms with van der Waals surface area (Å²) in [5.41, 5.74) is 1.43. The largest absolute Gasteiger partial charge is 0.493 e. The molecule has 39 heavy (non-hydrogen) atoms. The van der Waals surface area contributed by atoms with Crippen LogP contribution in [-0.2, 0) is 16.4 Å². The molecule has 0 unspecified atom stereocenters. The number of ether oxygens (including phenoxy) is 4. The summed E-state index contributed by atoms with van der Waals surface area (Å²) < 4.78 is 49.3. The zero-order valence-corrected chi connectivity index (χ0v) is 21.7. The molecule has 1 heterocycles. The number of carboxylic acids is 1. The topological polar surface area (TPSA) is 164 Å². The summed E-state index contributed by atoms with van der Waals surface area (Å²) in [7, 11) is -1.16. The third-order valence-corrected chi connectivity index (χ3v) is 7.39. The second-order valence-electron chi connectivity index (χ2n) is 8.21. The molecule has 0 bridgehead atoms. The fourth-order valence-electron chi connectivity index (χ4n) is 4.00. The average Bonchev–Trinajstić information content (AvgIpc) is 3.38. The van der Waals surface area contributed by atoms with Crippen LogP contribution in [0.1, 0.15) is 27.0 Å². The van der Waals surface area contributed by atoms with E-state index >= 15 is 0 Å². The minimum Gasteiger partial charge on any atom is -0.493 e. The van der Waals surface area contributed by atoms with Crippen LogP contribution in [0.3, 0.4) is 0 Å². The van der Waals surface area contributed by atoms with Crippen LogP contribution in [0, 0.1) is 10.1 Å². The van der Waals surface area contributed by atoms with Gasteiger partial charge in [-0.2, -0.15) is 0 Å². The van der Waals surface area contributed by atoms with Crippen LogP contribution < -0.4 is 23.7 Å². The van der Waals surface area contributed by atoms with Gasteiger partial charge in [0.25, 0.3) is 5.69 Å². The first-order chi connectivity index (χ1) is 18.6. The van der Waals surface area contributed by atoms with Gasteiger partial charge in [0.1, 0.15) is 5.56 Å². The van der Waals surface area contributed by atoms with Gasteiger partial charge in [-0.05, 0) is 53.4 Å². The Kier molecular flexibility index (Phi) is 8.02. The van der Waals surface area contributed by atoms with E-state index in [1.54, 1.807) is 36.4 Å². The van der Waals surface area contributed by atoms with Gasteiger partial charge in [-0.15, -0.1) is 0 Å². The lowest BCUT2D eigenvalue weighted by atomic mass is 10.00. The molecule has 0 amide bonds. The van der Waals surface area contributed by atoms with Crippen LogP contribution in [-0.4, -0.2) is 52.0 Å². The number of fused-ring (bicyclic) bond motifs is 1. The van der Waals surface area contributed by atoms with E-state index in [9.17, 15) is 28.4 Å². The van der Waals surface area contributed by atoms with Gasteiger partial charge >= 0.3 is 5.97 Å². The van der Waals surface area contributed by atoms with E-state index < -0.39 is 20.9 Å². The number of nitrogens with zero attached hydrogens (tertiary/aromatic N) is 1. The molecule has 0 saturated carbocycles. The molecule has 3 aromatic carbocycles. The number of sulfonamides is 1. The van der Waals surface area contributed by atoms with Gasteiger partial charge in [-0.3, -0.25) is 10.1 Å². The van der Waals surface area contributed by atoms with Crippen molar-refractivity contribution in [2.24, 2.45) is 0 Å². The molecule has 0 radical (unpaired) electrons. The molecule has 0 spiro atoms. The Morgan fingerprint density at radius 2 is 1.72 bits per heavy atom. The molecule has 0 saturated heterocycles. The maximum atomic E-state index is 12.7. The lowest BCUT2D eigenvalue weighted by Gasteiger charge is -2.13. The fourth-order valence-corrected chi connectivity index (χ4v) is 5.03. The molecule has 2 N–H and O–H groups in total. The molecule has 4 rings (SSSR count). The molecule has 0 atom stereocenters. The summed E-state index contributed by atoms with van der Waals surface area (Å²) in [4.78, 5) is 22.1. The molecule has 0 fully saturated rings. The minimum absolute atomic E-state index is 0.0105. The number of nitrogens with one attached hydrogen (secondary N) is 1. The quantitative estimate of drug-likeness (QED) is 0.202. The SMILES string of the molecule is COc1ccc(/C=C/c2cc3c(cc2CCNS(=O)(=O)c2ccc([N+](=O)[O-])cc2)OCO3)c(C(=O)O)c1OC. The van der Waals surface area contributed by atoms with Gasteiger partial charge in [0.15, 0.2) is 23.0 Å². The van der Waals surface area contributed by atoms with Gasteiger partial charge in [0.05, 0.1) is 24.0 Å². The zero-order chi connectivity index (χ0) is 28.2. The lowest BCUT2D eigenvalue weighted by molar-refractivity contribution is -0.384. The van der Waals surface area contributed by atoms with Gasteiger partial charge in [0, 0.05) is 18.7 Å². The van der Waals surface area contributed by atoms with E-state index in [0.717, 1.165) is 12.1 Å². The maximum Gasteiger partial charge on any atom is 0.340 e. The number of non-ortho nitro benzene ring substituents is 1. The van der Waals surface area contributed by atoms with Crippen LogP contribution in [0.5, 0.6) is 23.0 Å². The van der Waals surface area contributed by atoms with Crippen molar-refractivity contribution in [1.82, 2.24) is 4.72 Å². The van der Waals surface area contributed by atoms with Crippen molar-refractivity contribution in [1.29, 1.82) is 0 Å². The summed E-state index contributed by atoms with van der Waals surface area (Å²) in [5.74, 6) is 0.153. The number of hydrogen-bond acceptors (Lipinski definition) is 9. The molecule has 1 aliphatic heterocycles. The first-order valence-electron chi connectivity index (χ1n) is 11.5. The van der Waals surface area contributed by atoms with E-state index in [1.165, 1.54) is 26.4 Å². The monoisotopic (exact) mass is 556 g/mol. The Balaban J connectivity index is 1.59. The van der Waals surface area contributed by atoms with E-state index in [0.29, 0.717) is 28.2 Å². The summed E-state index contributed by atoms with van der Waals surface area (Å²) in [5, 5.41) is 20.6. The van der Waals surface area contributed by atoms with Crippen LogP contribution in [0.25, 0.3) is 12.2 Å². The highest BCUT2D eigenvalue weighted by molar-refractivity contribution is 7.89. The standard InChI is InChI=1S/C26H24N2O10S/c1-35-21-10-5-16(24(26(29)30)25(21)36-2)3-4-17-13-22-23(38-15-37-22)14-18(17)11-12-27-39(33,34)20-8-6-19(7-9-20)28(31)32/h3-10,13-14,27H,11-12,15H2,1-2H3,(H,29,30)/b4-3+. The first kappa shape index (κ1) is 27.4. The van der Waals surface area contributed by atoms with Gasteiger partial charge in [-0.1, -0.05) is 18.2 Å². The molecule has 0 aromatic heterocycles. The number of nitro benzene ring substituents is 1. The average molecular weight is 557 g/mol. The Bertz CT molecular complexity index is 1550. The molecule has 204 valence electrons. The summed E-state index contributed by atoms with van der Waals surface area (Å²) in [6.07, 6.45) is 3.55. The zero-order valence-electron chi connectivity index (χ0n) is 20.9. The number of rotatable bonds is 11. The van der Waals surface area contributed by atoms with Crippen molar-refractivity contribution < 1.29 is 42.2 Å². The number of carboxylic acid groups (broad SMARTS) is 1. The minimum atomic E-state index is -3.92. The molecule has 1 aliphatic rings. The van der Waals surface area contributed by atoms with Crippen molar-refractivity contribution in [2.75, 3.05) is 27.6 Å². The predicted molar refractivity (Wildman–Crippen MR) is 140 cm³/mol. The van der Waals surface area contributed by atoms with Crippen molar-refractivity contribution in [2.45, 2.75) is 11.3 Å². The molecule has 13 heteroatoms. The van der Waals surface area contributed by atoms with Crippen LogP contribution in [0.2, 0.25) is 0 Å². The van der Waals surface area contributed by atoms with Crippen molar-refractivity contribution in [3.05, 3.63) is 80.9 Å². The molecule has 12 nitrogen and oxygen atoms in total. The van der Waals surface area contributed by atoms with Crippen molar-refractivity contribution >= 4 is 33.8 Å². The highest BCUT2D eigenvalue weighted by atomic mass is 32.2. The van der Waals surface area contributed by atoms with E-state index in [-0.39, 0.29) is 47.4 Å². The van der Waals surface area contributed by atoms with Crippen LogP contribution >= 0.6 is 0 Å². The van der Waals surface area contributed by atoms with Crippen LogP contribution in [0.4, 0.5) is 5.69 Å². The number of hydrogen-bond donors (Lipinski definition) is 2. The molecule has 0 aliphatic carbocycles. The highest BCUT2D eigenvalue weighted by Crippen LogP contribution is 2.37. The number of benzene rings is 3.